The lowest BCUT2D eigenvalue weighted by atomic mass is 10.2. The number of aryl methyl sites for hydroxylation is 2. The van der Waals surface area contributed by atoms with Crippen LogP contribution < -0.4 is 15.5 Å². The molecule has 1 aliphatic rings. The molecule has 34 heavy (non-hydrogen) atoms. The molecule has 4 rings (SSSR count). The summed E-state index contributed by atoms with van der Waals surface area (Å²) in [7, 11) is -3.58. The van der Waals surface area contributed by atoms with E-state index in [-0.39, 0.29) is 5.91 Å². The van der Waals surface area contributed by atoms with Gasteiger partial charge in [0.1, 0.15) is 10.0 Å². The maximum absolute atomic E-state index is 13.1. The first-order chi connectivity index (χ1) is 16.2. The summed E-state index contributed by atoms with van der Waals surface area (Å²) >= 11 is 1.19. The van der Waals surface area contributed by atoms with Gasteiger partial charge in [-0.15, -0.1) is 11.3 Å². The zero-order chi connectivity index (χ0) is 24.3. The van der Waals surface area contributed by atoms with Crippen molar-refractivity contribution in [2.75, 3.05) is 36.4 Å². The molecule has 2 aromatic heterocycles. The van der Waals surface area contributed by atoms with Gasteiger partial charge in [0.25, 0.3) is 10.0 Å². The molecule has 2 N–H and O–H groups in total. The summed E-state index contributed by atoms with van der Waals surface area (Å²) in [6, 6.07) is 13.3. The van der Waals surface area contributed by atoms with Crippen LogP contribution in [0.2, 0.25) is 0 Å². The van der Waals surface area contributed by atoms with Crippen molar-refractivity contribution in [1.82, 2.24) is 19.6 Å². The Hall–Kier alpha value is -3.02. The molecule has 0 saturated carbocycles. The predicted molar refractivity (Wildman–Crippen MR) is 134 cm³/mol. The highest BCUT2D eigenvalue weighted by molar-refractivity contribution is 7.91. The summed E-state index contributed by atoms with van der Waals surface area (Å²) in [6.45, 7) is 7.51. The Morgan fingerprint density at radius 2 is 1.74 bits per heavy atom. The van der Waals surface area contributed by atoms with Crippen molar-refractivity contribution in [3.63, 3.8) is 0 Å². The molecule has 1 amide bonds. The van der Waals surface area contributed by atoms with Gasteiger partial charge in [0.2, 0.25) is 11.9 Å². The minimum Gasteiger partial charge on any atom is -0.354 e. The van der Waals surface area contributed by atoms with Crippen molar-refractivity contribution in [3.8, 4) is 0 Å². The summed E-state index contributed by atoms with van der Waals surface area (Å²) in [4.78, 5) is 23.1. The second kappa shape index (κ2) is 10.1. The number of anilines is 3. The second-order valence-corrected chi connectivity index (χ2v) is 11.5. The molecular weight excluding hydrogens is 472 g/mol. The largest absolute Gasteiger partial charge is 0.354 e. The molecule has 3 aromatic rings. The number of amides is 1. The standard InChI is InChI=1S/C23H28N6O3S2/c1-16-4-6-19(7-5-16)26-23-25-17(2)14-21(27-23)28-10-12-29(13-11-28)34(31,32)22-9-8-20(33-22)15-24-18(3)30/h4-9,14H,10-13,15H2,1-3H3,(H,24,30)(H,25,26,27). The maximum Gasteiger partial charge on any atom is 0.252 e. The number of nitrogens with zero attached hydrogens (tertiary/aromatic N) is 4. The van der Waals surface area contributed by atoms with Gasteiger partial charge in [-0.3, -0.25) is 4.79 Å². The average molecular weight is 501 g/mol. The van der Waals surface area contributed by atoms with Crippen molar-refractivity contribution in [2.24, 2.45) is 0 Å². The van der Waals surface area contributed by atoms with Crippen molar-refractivity contribution in [1.29, 1.82) is 0 Å². The van der Waals surface area contributed by atoms with Gasteiger partial charge in [0.05, 0.1) is 6.54 Å². The summed E-state index contributed by atoms with van der Waals surface area (Å²) in [6.07, 6.45) is 0. The lowest BCUT2D eigenvalue weighted by Gasteiger charge is -2.34. The normalized spacial score (nSPS) is 14.7. The van der Waals surface area contributed by atoms with E-state index >= 15 is 0 Å². The predicted octanol–water partition coefficient (Wildman–Crippen LogP) is 3.05. The van der Waals surface area contributed by atoms with Crippen LogP contribution in [0.1, 0.15) is 23.1 Å². The monoisotopic (exact) mass is 500 g/mol. The van der Waals surface area contributed by atoms with Gasteiger partial charge < -0.3 is 15.5 Å². The molecule has 0 bridgehead atoms. The highest BCUT2D eigenvalue weighted by Gasteiger charge is 2.30. The van der Waals surface area contributed by atoms with Crippen molar-refractivity contribution >= 4 is 44.7 Å². The number of sulfonamides is 1. The summed E-state index contributed by atoms with van der Waals surface area (Å²) in [5.41, 5.74) is 2.92. The number of aromatic nitrogens is 2. The number of nitrogens with one attached hydrogen (secondary N) is 2. The van der Waals surface area contributed by atoms with Gasteiger partial charge in [-0.2, -0.15) is 9.29 Å². The number of piperazine rings is 1. The van der Waals surface area contributed by atoms with E-state index in [1.165, 1.54) is 28.1 Å². The fraction of sp³-hybridized carbons (Fsp3) is 0.348. The minimum atomic E-state index is -3.58. The lowest BCUT2D eigenvalue weighted by molar-refractivity contribution is -0.119. The van der Waals surface area contributed by atoms with Gasteiger partial charge in [-0.05, 0) is 38.1 Å². The molecule has 1 saturated heterocycles. The fourth-order valence-corrected chi connectivity index (χ4v) is 6.50. The zero-order valence-corrected chi connectivity index (χ0v) is 21.0. The Labute approximate surface area is 203 Å². The molecule has 0 unspecified atom stereocenters. The Morgan fingerprint density at radius 3 is 2.41 bits per heavy atom. The molecule has 1 aromatic carbocycles. The number of thiophene rings is 1. The van der Waals surface area contributed by atoms with Crippen LogP contribution in [0.5, 0.6) is 0 Å². The number of benzene rings is 1. The first-order valence-electron chi connectivity index (χ1n) is 11.0. The topological polar surface area (TPSA) is 108 Å². The highest BCUT2D eigenvalue weighted by Crippen LogP contribution is 2.27. The lowest BCUT2D eigenvalue weighted by Crippen LogP contribution is -2.48. The maximum atomic E-state index is 13.1. The first-order valence-corrected chi connectivity index (χ1v) is 13.2. The van der Waals surface area contributed by atoms with Crippen LogP contribution in [0.3, 0.4) is 0 Å². The van der Waals surface area contributed by atoms with Crippen LogP contribution in [0, 0.1) is 13.8 Å². The SMILES string of the molecule is CC(=O)NCc1ccc(S(=O)(=O)N2CCN(c3cc(C)nc(Nc4ccc(C)cc4)n3)CC2)s1. The van der Waals surface area contributed by atoms with Gasteiger partial charge >= 0.3 is 0 Å². The van der Waals surface area contributed by atoms with E-state index in [1.807, 2.05) is 44.2 Å². The molecule has 1 aliphatic heterocycles. The molecule has 0 radical (unpaired) electrons. The van der Waals surface area contributed by atoms with E-state index in [1.54, 1.807) is 12.1 Å². The Balaban J connectivity index is 1.41. The first kappa shape index (κ1) is 24.1. The number of carbonyl (C=O) groups is 1. The molecule has 3 heterocycles. The molecule has 9 nitrogen and oxygen atoms in total. The van der Waals surface area contributed by atoms with Gasteiger partial charge in [-0.1, -0.05) is 17.7 Å². The summed E-state index contributed by atoms with van der Waals surface area (Å²) in [5.74, 6) is 1.14. The van der Waals surface area contributed by atoms with Crippen molar-refractivity contribution in [3.05, 3.63) is 58.6 Å². The molecule has 0 spiro atoms. The molecule has 0 atom stereocenters. The smallest absolute Gasteiger partial charge is 0.252 e. The van der Waals surface area contributed by atoms with Gasteiger partial charge in [0.15, 0.2) is 0 Å². The van der Waals surface area contributed by atoms with E-state index in [0.29, 0.717) is 42.9 Å². The minimum absolute atomic E-state index is 0.147. The fourth-order valence-electron chi connectivity index (χ4n) is 3.62. The summed E-state index contributed by atoms with van der Waals surface area (Å²) in [5, 5.41) is 5.94. The number of carbonyl (C=O) groups excluding carboxylic acids is 1. The molecule has 180 valence electrons. The zero-order valence-electron chi connectivity index (χ0n) is 19.4. The quantitative estimate of drug-likeness (QED) is 0.513. The molecule has 11 heteroatoms. The number of hydrogen-bond donors (Lipinski definition) is 2. The summed E-state index contributed by atoms with van der Waals surface area (Å²) < 4.78 is 28.0. The van der Waals surface area contributed by atoms with E-state index in [4.69, 9.17) is 0 Å². The third kappa shape index (κ3) is 5.72. The van der Waals surface area contributed by atoms with Gasteiger partial charge in [0, 0.05) is 55.4 Å². The van der Waals surface area contributed by atoms with Crippen LogP contribution in [-0.2, 0) is 21.4 Å². The van der Waals surface area contributed by atoms with E-state index in [9.17, 15) is 13.2 Å². The van der Waals surface area contributed by atoms with E-state index in [2.05, 4.69) is 25.5 Å². The third-order valence-corrected chi connectivity index (χ3v) is 8.91. The number of hydrogen-bond acceptors (Lipinski definition) is 8. The molecular formula is C23H28N6O3S2. The van der Waals surface area contributed by atoms with Crippen LogP contribution in [0.4, 0.5) is 17.5 Å². The van der Waals surface area contributed by atoms with Gasteiger partial charge in [-0.25, -0.2) is 13.4 Å². The average Bonchev–Trinajstić information content (AvgIpc) is 3.29. The second-order valence-electron chi connectivity index (χ2n) is 8.20. The van der Waals surface area contributed by atoms with E-state index < -0.39 is 10.0 Å². The Kier molecular flexibility index (Phi) is 7.15. The Bertz CT molecular complexity index is 1270. The number of rotatable bonds is 7. The Morgan fingerprint density at radius 1 is 1.03 bits per heavy atom. The van der Waals surface area contributed by atoms with E-state index in [0.717, 1.165) is 22.1 Å². The third-order valence-electron chi connectivity index (χ3n) is 5.45. The van der Waals surface area contributed by atoms with Crippen LogP contribution in [0.15, 0.2) is 46.7 Å². The molecule has 0 aliphatic carbocycles. The van der Waals surface area contributed by atoms with Crippen molar-refractivity contribution < 1.29 is 13.2 Å². The van der Waals surface area contributed by atoms with Crippen LogP contribution in [-0.4, -0.2) is 54.8 Å². The van der Waals surface area contributed by atoms with Crippen LogP contribution in [0.25, 0.3) is 0 Å². The molecule has 1 fully saturated rings. The van der Waals surface area contributed by atoms with Crippen LogP contribution >= 0.6 is 11.3 Å². The van der Waals surface area contributed by atoms with Crippen molar-refractivity contribution in [2.45, 2.75) is 31.5 Å². The highest BCUT2D eigenvalue weighted by atomic mass is 32.2.